The SMILES string of the molecule is N#CCCSC1=C(C(=O)O)N2C(=O)[C@@H](N=C([O-])/C(=N/OCC(=O)[O-])c3csc(N)n3)[C@H]2SC1.[Na+].[Na+]. The average Bonchev–Trinajstić information content (AvgIpc) is 3.19. The number of β-lactam (4-membered cyclic amide) rings is 1. The Labute approximate surface area is 255 Å². The van der Waals surface area contributed by atoms with Crippen molar-refractivity contribution >= 4 is 69.4 Å². The Morgan fingerprint density at radius 1 is 1.43 bits per heavy atom. The summed E-state index contributed by atoms with van der Waals surface area (Å²) in [6, 6.07) is 0.793. The Morgan fingerprint density at radius 2 is 2.14 bits per heavy atom. The Bertz CT molecular complexity index is 1120. The molecule has 174 valence electrons. The third kappa shape index (κ3) is 7.60. The molecule has 1 amide bonds. The molecule has 13 nitrogen and oxygen atoms in total. The van der Waals surface area contributed by atoms with Gasteiger partial charge in [0, 0.05) is 34.1 Å². The number of nitrogen functional groups attached to an aromatic ring is 1. The van der Waals surface area contributed by atoms with Gasteiger partial charge >= 0.3 is 65.1 Å². The van der Waals surface area contributed by atoms with Crippen LogP contribution in [0.5, 0.6) is 0 Å². The van der Waals surface area contributed by atoms with E-state index in [4.69, 9.17) is 11.0 Å². The summed E-state index contributed by atoms with van der Waals surface area (Å²) >= 11 is 3.41. The maximum absolute atomic E-state index is 12.7. The van der Waals surface area contributed by atoms with E-state index >= 15 is 0 Å². The van der Waals surface area contributed by atoms with Crippen molar-refractivity contribution in [3.05, 3.63) is 21.7 Å². The summed E-state index contributed by atoms with van der Waals surface area (Å²) in [6.45, 7) is -0.927. The maximum atomic E-state index is 12.7. The Kier molecular flexibility index (Phi) is 13.1. The van der Waals surface area contributed by atoms with E-state index in [9.17, 15) is 29.7 Å². The van der Waals surface area contributed by atoms with Gasteiger partial charge in [-0.05, 0) is 0 Å². The molecule has 0 saturated carbocycles. The van der Waals surface area contributed by atoms with Crippen LogP contribution >= 0.6 is 34.9 Å². The maximum Gasteiger partial charge on any atom is 1.00 e. The summed E-state index contributed by atoms with van der Waals surface area (Å²) in [5, 5.41) is 45.8. The summed E-state index contributed by atoms with van der Waals surface area (Å²) < 4.78 is 0. The standard InChI is InChI=1S/C17H16N6O7S3.2Na/c18-2-1-3-31-8-6-32-15-11(14(27)23(15)12(8)16(28)29)21-13(26)10(22-30-4-9(24)25)7-5-33-17(19)20-7;;/h5,11,15H,1,3-4,6H2,(H2,19,20)(H,21,26)(H,24,25)(H,28,29);;/q;2*+1/p-2/b22-10+;;/t11-,15-;;/m1../s1. The van der Waals surface area contributed by atoms with Crippen molar-refractivity contribution < 1.29 is 93.7 Å². The first-order valence-electron chi connectivity index (χ1n) is 9.01. The molecule has 2 aliphatic rings. The predicted octanol–water partition coefficient (Wildman–Crippen LogP) is -7.81. The Hall–Kier alpha value is -1.29. The molecular weight excluding hydrogens is 542 g/mol. The van der Waals surface area contributed by atoms with Gasteiger partial charge in [0.15, 0.2) is 17.8 Å². The second kappa shape index (κ2) is 14.4. The minimum atomic E-state index is -1.57. The molecule has 1 aromatic rings. The van der Waals surface area contributed by atoms with E-state index in [1.54, 1.807) is 0 Å². The largest absolute Gasteiger partial charge is 1.00 e. The summed E-state index contributed by atoms with van der Waals surface area (Å²) in [5.41, 5.74) is 4.89. The number of aliphatic carboxylic acids is 2. The molecule has 2 atom stereocenters. The number of oxime groups is 1. The second-order valence-corrected chi connectivity index (χ2v) is 9.46. The summed E-state index contributed by atoms with van der Waals surface area (Å²) in [7, 11) is 0. The summed E-state index contributed by atoms with van der Waals surface area (Å²) in [4.78, 5) is 48.9. The molecule has 3 N–H and O–H groups in total. The van der Waals surface area contributed by atoms with Crippen LogP contribution in [0.15, 0.2) is 26.1 Å². The number of aliphatic imine (C=N–C) groups is 1. The number of aromatic nitrogens is 1. The number of nitriles is 1. The smallest absolute Gasteiger partial charge is 0.857 e. The number of carboxylic acid groups (broad SMARTS) is 2. The number of fused-ring (bicyclic) bond motifs is 1. The topological polar surface area (TPSA) is 217 Å². The summed E-state index contributed by atoms with van der Waals surface area (Å²) in [6.07, 6.45) is 0.221. The Morgan fingerprint density at radius 3 is 2.71 bits per heavy atom. The minimum Gasteiger partial charge on any atom is -0.857 e. The number of nitrogens with zero attached hydrogens (tertiary/aromatic N) is 5. The number of carbonyl (C=O) groups excluding carboxylic acids is 2. The predicted molar refractivity (Wildman–Crippen MR) is 116 cm³/mol. The van der Waals surface area contributed by atoms with Crippen molar-refractivity contribution in [2.75, 3.05) is 23.8 Å². The number of amides is 1. The van der Waals surface area contributed by atoms with Crippen molar-refractivity contribution in [2.24, 2.45) is 10.1 Å². The third-order valence-corrected chi connectivity index (χ3v) is 7.38. The van der Waals surface area contributed by atoms with E-state index in [2.05, 4.69) is 20.0 Å². The van der Waals surface area contributed by atoms with Crippen LogP contribution in [-0.4, -0.2) is 74.0 Å². The van der Waals surface area contributed by atoms with Crippen molar-refractivity contribution in [1.29, 1.82) is 5.26 Å². The van der Waals surface area contributed by atoms with E-state index in [1.807, 2.05) is 6.07 Å². The molecule has 2 aliphatic heterocycles. The van der Waals surface area contributed by atoms with Gasteiger partial charge in [0.1, 0.15) is 22.5 Å². The first-order valence-corrected chi connectivity index (χ1v) is 11.9. The monoisotopic (exact) mass is 556 g/mol. The van der Waals surface area contributed by atoms with E-state index in [1.165, 1.54) is 28.9 Å². The van der Waals surface area contributed by atoms with Crippen LogP contribution in [0.25, 0.3) is 0 Å². The van der Waals surface area contributed by atoms with Gasteiger partial charge in [0.2, 0.25) is 0 Å². The summed E-state index contributed by atoms with van der Waals surface area (Å²) in [5.74, 6) is -3.92. The zero-order valence-corrected chi connectivity index (χ0v) is 24.9. The molecule has 3 rings (SSSR count). The van der Waals surface area contributed by atoms with Crippen molar-refractivity contribution in [3.63, 3.8) is 0 Å². The van der Waals surface area contributed by atoms with Gasteiger partial charge in [-0.2, -0.15) is 5.26 Å². The van der Waals surface area contributed by atoms with E-state index in [0.29, 0.717) is 10.7 Å². The molecule has 0 aromatic carbocycles. The number of carboxylic acids is 2. The van der Waals surface area contributed by atoms with Crippen LogP contribution < -0.4 is 75.1 Å². The number of rotatable bonds is 10. The molecule has 1 saturated heterocycles. The molecule has 0 radical (unpaired) electrons. The molecule has 35 heavy (non-hydrogen) atoms. The van der Waals surface area contributed by atoms with E-state index in [-0.39, 0.29) is 87.8 Å². The van der Waals surface area contributed by atoms with Crippen LogP contribution in [0.2, 0.25) is 0 Å². The molecule has 18 heteroatoms. The zero-order chi connectivity index (χ0) is 24.1. The van der Waals surface area contributed by atoms with E-state index < -0.39 is 47.5 Å². The number of thiazole rings is 1. The van der Waals surface area contributed by atoms with Crippen molar-refractivity contribution in [1.82, 2.24) is 9.88 Å². The Balaban J connectivity index is 0.00000306. The molecule has 3 heterocycles. The van der Waals surface area contributed by atoms with Gasteiger partial charge in [0.25, 0.3) is 5.91 Å². The number of thioether (sulfide) groups is 2. The second-order valence-electron chi connectivity index (χ2n) is 6.28. The number of carbonyl (C=O) groups is 3. The fourth-order valence-corrected chi connectivity index (χ4v) is 5.84. The quantitative estimate of drug-likeness (QED) is 0.0686. The average molecular weight is 557 g/mol. The van der Waals surface area contributed by atoms with Gasteiger partial charge in [0.05, 0.1) is 12.0 Å². The number of hydrogen-bond donors (Lipinski definition) is 2. The van der Waals surface area contributed by atoms with Crippen LogP contribution in [0, 0.1) is 11.3 Å². The minimum absolute atomic E-state index is 0. The fraction of sp³-hybridized carbons (Fsp3) is 0.353. The number of nitrogens with two attached hydrogens (primary N) is 1. The first kappa shape index (κ1) is 31.7. The normalized spacial score (nSPS) is 19.5. The van der Waals surface area contributed by atoms with Gasteiger partial charge in [-0.25, -0.2) is 9.78 Å². The molecule has 1 fully saturated rings. The molecule has 1 aromatic heterocycles. The first-order chi connectivity index (χ1) is 15.7. The van der Waals surface area contributed by atoms with Crippen LogP contribution in [0.3, 0.4) is 0 Å². The zero-order valence-electron chi connectivity index (χ0n) is 18.5. The van der Waals surface area contributed by atoms with Gasteiger partial charge < -0.3 is 30.7 Å². The third-order valence-electron chi connectivity index (χ3n) is 4.16. The van der Waals surface area contributed by atoms with Crippen LogP contribution in [0.4, 0.5) is 5.13 Å². The van der Waals surface area contributed by atoms with Crippen LogP contribution in [-0.2, 0) is 19.2 Å². The van der Waals surface area contributed by atoms with Crippen molar-refractivity contribution in [2.45, 2.75) is 17.8 Å². The van der Waals surface area contributed by atoms with Crippen molar-refractivity contribution in [3.8, 4) is 6.07 Å². The van der Waals surface area contributed by atoms with Gasteiger partial charge in [-0.15, -0.1) is 34.9 Å². The van der Waals surface area contributed by atoms with Gasteiger partial charge in [-0.1, -0.05) is 5.16 Å². The fourth-order valence-electron chi connectivity index (χ4n) is 2.82. The molecule has 0 unspecified atom stereocenters. The molecule has 0 bridgehead atoms. The van der Waals surface area contributed by atoms with E-state index in [0.717, 1.165) is 16.2 Å². The molecule has 0 spiro atoms. The van der Waals surface area contributed by atoms with Crippen LogP contribution in [0.1, 0.15) is 12.1 Å². The van der Waals surface area contributed by atoms with Gasteiger partial charge in [-0.3, -0.25) is 14.7 Å². The number of hydrogen-bond acceptors (Lipinski definition) is 14. The number of anilines is 1. The molecular formula is C17H14N6Na2O7S3. The molecule has 0 aliphatic carbocycles.